The van der Waals surface area contributed by atoms with Crippen molar-refractivity contribution in [2.24, 2.45) is 7.05 Å². The standard InChI is InChI=1S/C20H23N3OS.C2HF3O2/c1-22(14-20(24)10-9-15-6-3-4-7-17(15)20)13-16-12-18(23(2)21-16)19-8-5-11-25-19;3-2(4,5)1(6)7/h3-8,11-12,24H,9-10,13-14H2,1-2H3;(H,6,7). The van der Waals surface area contributed by atoms with Crippen LogP contribution >= 0.6 is 11.3 Å². The maximum Gasteiger partial charge on any atom is 0.490 e. The minimum absolute atomic E-state index is 0.620. The SMILES string of the molecule is CN(Cc1cc(-c2cccs2)n(C)n1)CC1(O)CCc2ccccc21.O=C(O)C(F)(F)F. The summed E-state index contributed by atoms with van der Waals surface area (Å²) in [6, 6.07) is 14.6. The largest absolute Gasteiger partial charge is 0.490 e. The molecule has 10 heteroatoms. The summed E-state index contributed by atoms with van der Waals surface area (Å²) in [6.07, 6.45) is -3.34. The van der Waals surface area contributed by atoms with E-state index in [1.54, 1.807) is 11.3 Å². The Morgan fingerprint density at radius 1 is 1.28 bits per heavy atom. The molecule has 172 valence electrons. The van der Waals surface area contributed by atoms with Gasteiger partial charge < -0.3 is 10.2 Å². The van der Waals surface area contributed by atoms with E-state index < -0.39 is 17.7 Å². The number of likely N-dealkylation sites (N-methyl/N-ethyl adjacent to an activating group) is 1. The Hall–Kier alpha value is -2.69. The third kappa shape index (κ3) is 5.56. The summed E-state index contributed by atoms with van der Waals surface area (Å²) in [5.74, 6) is -2.76. The topological polar surface area (TPSA) is 78.6 Å². The summed E-state index contributed by atoms with van der Waals surface area (Å²) >= 11 is 1.73. The molecule has 0 bridgehead atoms. The van der Waals surface area contributed by atoms with Crippen LogP contribution in [0.1, 0.15) is 23.2 Å². The van der Waals surface area contributed by atoms with Gasteiger partial charge in [0.15, 0.2) is 0 Å². The first kappa shape index (κ1) is 24.0. The highest BCUT2D eigenvalue weighted by Gasteiger charge is 2.38. The Balaban J connectivity index is 0.000000360. The molecule has 0 aliphatic heterocycles. The maximum absolute atomic E-state index is 11.1. The van der Waals surface area contributed by atoms with Gasteiger partial charge in [0.05, 0.1) is 16.3 Å². The zero-order valence-electron chi connectivity index (χ0n) is 17.6. The van der Waals surface area contributed by atoms with Crippen LogP contribution in [-0.4, -0.2) is 50.6 Å². The minimum Gasteiger partial charge on any atom is -0.475 e. The van der Waals surface area contributed by atoms with E-state index in [2.05, 4.69) is 52.8 Å². The molecule has 32 heavy (non-hydrogen) atoms. The Morgan fingerprint density at radius 3 is 2.59 bits per heavy atom. The summed E-state index contributed by atoms with van der Waals surface area (Å²) in [5, 5.41) is 25.0. The Morgan fingerprint density at radius 2 is 1.97 bits per heavy atom. The molecule has 0 fully saturated rings. The molecule has 1 atom stereocenters. The molecule has 0 saturated carbocycles. The highest BCUT2D eigenvalue weighted by Crippen LogP contribution is 2.37. The molecule has 0 amide bonds. The zero-order chi connectivity index (χ0) is 23.5. The summed E-state index contributed by atoms with van der Waals surface area (Å²) in [4.78, 5) is 12.3. The molecule has 2 aromatic heterocycles. The number of aliphatic hydroxyl groups is 1. The number of carboxylic acids is 1. The summed E-state index contributed by atoms with van der Waals surface area (Å²) in [5.41, 5.74) is 3.78. The minimum atomic E-state index is -5.08. The van der Waals surface area contributed by atoms with E-state index >= 15 is 0 Å². The molecule has 2 heterocycles. The normalized spacial score (nSPS) is 17.7. The molecule has 1 aliphatic rings. The summed E-state index contributed by atoms with van der Waals surface area (Å²) in [7, 11) is 4.04. The van der Waals surface area contributed by atoms with E-state index in [4.69, 9.17) is 9.90 Å². The summed E-state index contributed by atoms with van der Waals surface area (Å²) < 4.78 is 33.7. The number of fused-ring (bicyclic) bond motifs is 1. The lowest BCUT2D eigenvalue weighted by Crippen LogP contribution is -2.37. The number of aryl methyl sites for hydroxylation is 2. The third-order valence-electron chi connectivity index (χ3n) is 5.24. The van der Waals surface area contributed by atoms with Gasteiger partial charge >= 0.3 is 12.1 Å². The van der Waals surface area contributed by atoms with E-state index in [1.807, 2.05) is 23.9 Å². The zero-order valence-corrected chi connectivity index (χ0v) is 18.5. The smallest absolute Gasteiger partial charge is 0.475 e. The predicted molar refractivity (Wildman–Crippen MR) is 115 cm³/mol. The molecular weight excluding hydrogens is 443 g/mol. The lowest BCUT2D eigenvalue weighted by Gasteiger charge is -2.29. The van der Waals surface area contributed by atoms with Crippen LogP contribution in [0.15, 0.2) is 47.8 Å². The van der Waals surface area contributed by atoms with Crippen molar-refractivity contribution in [1.29, 1.82) is 0 Å². The van der Waals surface area contributed by atoms with Crippen molar-refractivity contribution in [3.63, 3.8) is 0 Å². The number of halogens is 3. The van der Waals surface area contributed by atoms with E-state index in [9.17, 15) is 18.3 Å². The highest BCUT2D eigenvalue weighted by molar-refractivity contribution is 7.13. The van der Waals surface area contributed by atoms with Crippen LogP contribution in [0.3, 0.4) is 0 Å². The molecule has 6 nitrogen and oxygen atoms in total. The van der Waals surface area contributed by atoms with Gasteiger partial charge in [0, 0.05) is 20.1 Å². The van der Waals surface area contributed by atoms with Crippen molar-refractivity contribution in [1.82, 2.24) is 14.7 Å². The molecule has 1 aromatic carbocycles. The first-order valence-corrected chi connectivity index (χ1v) is 10.7. The van der Waals surface area contributed by atoms with Crippen molar-refractivity contribution < 1.29 is 28.2 Å². The van der Waals surface area contributed by atoms with Gasteiger partial charge in [-0.1, -0.05) is 30.3 Å². The second-order valence-electron chi connectivity index (χ2n) is 7.79. The number of hydrogen-bond donors (Lipinski definition) is 2. The number of alkyl halides is 3. The Kier molecular flexibility index (Phi) is 7.06. The second-order valence-corrected chi connectivity index (χ2v) is 8.73. The number of hydrogen-bond acceptors (Lipinski definition) is 5. The predicted octanol–water partition coefficient (Wildman–Crippen LogP) is 4.05. The average Bonchev–Trinajstić information content (AvgIpc) is 3.42. The Bertz CT molecular complexity index is 1070. The van der Waals surface area contributed by atoms with Crippen molar-refractivity contribution >= 4 is 17.3 Å². The molecule has 0 spiro atoms. The van der Waals surface area contributed by atoms with Crippen LogP contribution in [0.5, 0.6) is 0 Å². The quantitative estimate of drug-likeness (QED) is 0.592. The Labute approximate surface area is 187 Å². The molecule has 0 radical (unpaired) electrons. The van der Waals surface area contributed by atoms with Crippen LogP contribution in [0.2, 0.25) is 0 Å². The number of carboxylic acid groups (broad SMARTS) is 1. The fourth-order valence-corrected chi connectivity index (χ4v) is 4.64. The van der Waals surface area contributed by atoms with Gasteiger partial charge in [0.1, 0.15) is 5.60 Å². The van der Waals surface area contributed by atoms with Crippen molar-refractivity contribution in [2.75, 3.05) is 13.6 Å². The first-order valence-electron chi connectivity index (χ1n) is 9.86. The van der Waals surface area contributed by atoms with Crippen LogP contribution in [-0.2, 0) is 30.4 Å². The van der Waals surface area contributed by atoms with Gasteiger partial charge in [-0.15, -0.1) is 11.3 Å². The molecule has 1 unspecified atom stereocenters. The van der Waals surface area contributed by atoms with Crippen LogP contribution in [0, 0.1) is 0 Å². The molecule has 4 rings (SSSR count). The van der Waals surface area contributed by atoms with Gasteiger partial charge in [0.25, 0.3) is 0 Å². The van der Waals surface area contributed by atoms with E-state index in [0.717, 1.165) is 36.3 Å². The molecular formula is C22H24F3N3O3S. The van der Waals surface area contributed by atoms with Crippen LogP contribution in [0.4, 0.5) is 13.2 Å². The van der Waals surface area contributed by atoms with E-state index in [0.29, 0.717) is 6.54 Å². The number of rotatable bonds is 5. The van der Waals surface area contributed by atoms with E-state index in [1.165, 1.54) is 10.4 Å². The number of thiophene rings is 1. The highest BCUT2D eigenvalue weighted by atomic mass is 32.1. The fourth-order valence-electron chi connectivity index (χ4n) is 3.87. The van der Waals surface area contributed by atoms with Gasteiger partial charge in [-0.3, -0.25) is 9.58 Å². The van der Waals surface area contributed by atoms with Crippen LogP contribution in [0.25, 0.3) is 10.6 Å². The first-order chi connectivity index (χ1) is 15.0. The average molecular weight is 468 g/mol. The molecule has 0 saturated heterocycles. The molecule has 2 N–H and O–H groups in total. The third-order valence-corrected chi connectivity index (χ3v) is 6.13. The number of carbonyl (C=O) groups is 1. The van der Waals surface area contributed by atoms with Crippen molar-refractivity contribution in [2.45, 2.75) is 31.2 Å². The number of nitrogens with zero attached hydrogens (tertiary/aromatic N) is 3. The molecule has 1 aliphatic carbocycles. The van der Waals surface area contributed by atoms with Gasteiger partial charge in [-0.25, -0.2) is 4.79 Å². The number of benzene rings is 1. The summed E-state index contributed by atoms with van der Waals surface area (Å²) in [6.45, 7) is 1.35. The lowest BCUT2D eigenvalue weighted by atomic mass is 9.95. The van der Waals surface area contributed by atoms with E-state index in [-0.39, 0.29) is 0 Å². The van der Waals surface area contributed by atoms with Crippen molar-refractivity contribution in [3.8, 4) is 10.6 Å². The monoisotopic (exact) mass is 467 g/mol. The van der Waals surface area contributed by atoms with Crippen molar-refractivity contribution in [3.05, 3.63) is 64.7 Å². The number of aliphatic carboxylic acids is 1. The fraction of sp³-hybridized carbons (Fsp3) is 0.364. The number of aromatic nitrogens is 2. The second kappa shape index (κ2) is 9.43. The molecule has 3 aromatic rings. The van der Waals surface area contributed by atoms with Gasteiger partial charge in [-0.2, -0.15) is 18.3 Å². The lowest BCUT2D eigenvalue weighted by molar-refractivity contribution is -0.192. The van der Waals surface area contributed by atoms with Crippen LogP contribution < -0.4 is 0 Å². The maximum atomic E-state index is 11.1. The van der Waals surface area contributed by atoms with Gasteiger partial charge in [0.2, 0.25) is 0 Å². The van der Waals surface area contributed by atoms with Gasteiger partial charge in [-0.05, 0) is 48.5 Å².